The van der Waals surface area contributed by atoms with Crippen LogP contribution in [-0.4, -0.2) is 45.3 Å². The fourth-order valence-electron chi connectivity index (χ4n) is 3.64. The zero-order chi connectivity index (χ0) is 15.5. The lowest BCUT2D eigenvalue weighted by Gasteiger charge is -2.47. The minimum atomic E-state index is 0.114. The lowest BCUT2D eigenvalue weighted by molar-refractivity contribution is 0.0704. The first-order valence-corrected chi connectivity index (χ1v) is 8.25. The Labute approximate surface area is 128 Å². The molecule has 0 spiro atoms. The van der Waals surface area contributed by atoms with Gasteiger partial charge in [-0.25, -0.2) is 9.67 Å². The molecule has 2 rings (SSSR count). The van der Waals surface area contributed by atoms with Gasteiger partial charge in [0.1, 0.15) is 12.2 Å². The van der Waals surface area contributed by atoms with Gasteiger partial charge >= 0.3 is 0 Å². The van der Waals surface area contributed by atoms with E-state index in [1.807, 2.05) is 4.68 Å². The Kier molecular flexibility index (Phi) is 5.38. The Morgan fingerprint density at radius 3 is 2.52 bits per heavy atom. The molecule has 1 unspecified atom stereocenters. The number of likely N-dealkylation sites (N-methyl/N-ethyl adjacent to an activating group) is 1. The molecule has 1 saturated carbocycles. The molecule has 0 bridgehead atoms. The van der Waals surface area contributed by atoms with Gasteiger partial charge in [0.05, 0.1) is 0 Å². The van der Waals surface area contributed by atoms with Gasteiger partial charge in [-0.05, 0) is 32.9 Å². The first-order chi connectivity index (χ1) is 9.95. The summed E-state index contributed by atoms with van der Waals surface area (Å²) in [4.78, 5) is 6.80. The summed E-state index contributed by atoms with van der Waals surface area (Å²) < 4.78 is 2.02. The Bertz CT molecular complexity index is 432. The monoisotopic (exact) mass is 293 g/mol. The van der Waals surface area contributed by atoms with Crippen molar-refractivity contribution >= 4 is 0 Å². The van der Waals surface area contributed by atoms with Crippen molar-refractivity contribution in [2.24, 2.45) is 11.7 Å². The fraction of sp³-hybridized carbons (Fsp3) is 0.875. The van der Waals surface area contributed by atoms with Crippen molar-refractivity contribution in [1.82, 2.24) is 19.7 Å². The highest BCUT2D eigenvalue weighted by molar-refractivity contribution is 5.03. The maximum absolute atomic E-state index is 6.65. The molecule has 5 nitrogen and oxygen atoms in total. The SMILES string of the molecule is CC(C)Cn1ncnc1CC(N)C1(N(C)C)CCCCC1. The zero-order valence-electron chi connectivity index (χ0n) is 14.0. The van der Waals surface area contributed by atoms with Gasteiger partial charge in [0.25, 0.3) is 0 Å². The van der Waals surface area contributed by atoms with Crippen LogP contribution in [0.15, 0.2) is 6.33 Å². The Morgan fingerprint density at radius 1 is 1.29 bits per heavy atom. The van der Waals surface area contributed by atoms with Gasteiger partial charge in [0.15, 0.2) is 0 Å². The van der Waals surface area contributed by atoms with Crippen LogP contribution in [0.1, 0.15) is 51.8 Å². The minimum absolute atomic E-state index is 0.114. The number of hydrogen-bond acceptors (Lipinski definition) is 4. The Balaban J connectivity index is 2.12. The lowest BCUT2D eigenvalue weighted by Crippen LogP contribution is -2.59. The predicted molar refractivity (Wildman–Crippen MR) is 86.0 cm³/mol. The number of nitrogens with two attached hydrogens (primary N) is 1. The highest BCUT2D eigenvalue weighted by Gasteiger charge is 2.40. The molecule has 1 fully saturated rings. The van der Waals surface area contributed by atoms with Crippen molar-refractivity contribution in [3.05, 3.63) is 12.2 Å². The normalized spacial score (nSPS) is 20.1. The van der Waals surface area contributed by atoms with Crippen molar-refractivity contribution in [2.75, 3.05) is 14.1 Å². The van der Waals surface area contributed by atoms with Crippen molar-refractivity contribution < 1.29 is 0 Å². The lowest BCUT2D eigenvalue weighted by atomic mass is 9.74. The van der Waals surface area contributed by atoms with Gasteiger partial charge in [0.2, 0.25) is 0 Å². The molecule has 21 heavy (non-hydrogen) atoms. The molecule has 2 N–H and O–H groups in total. The number of rotatable bonds is 6. The third kappa shape index (κ3) is 3.64. The van der Waals surface area contributed by atoms with Crippen molar-refractivity contribution in [3.63, 3.8) is 0 Å². The third-order valence-corrected chi connectivity index (χ3v) is 4.94. The summed E-state index contributed by atoms with van der Waals surface area (Å²) >= 11 is 0. The summed E-state index contributed by atoms with van der Waals surface area (Å²) in [6, 6.07) is 0.114. The van der Waals surface area contributed by atoms with E-state index in [-0.39, 0.29) is 11.6 Å². The molecule has 0 amide bonds. The van der Waals surface area contributed by atoms with E-state index in [4.69, 9.17) is 5.73 Å². The summed E-state index contributed by atoms with van der Waals surface area (Å²) in [5, 5.41) is 4.36. The molecule has 0 saturated heterocycles. The van der Waals surface area contributed by atoms with Crippen LogP contribution in [0.3, 0.4) is 0 Å². The molecule has 1 aliphatic rings. The van der Waals surface area contributed by atoms with Crippen molar-refractivity contribution in [1.29, 1.82) is 0 Å². The molecule has 1 aromatic rings. The zero-order valence-corrected chi connectivity index (χ0v) is 14.0. The minimum Gasteiger partial charge on any atom is -0.326 e. The predicted octanol–water partition coefficient (Wildman–Crippen LogP) is 2.07. The highest BCUT2D eigenvalue weighted by Crippen LogP contribution is 2.35. The van der Waals surface area contributed by atoms with Crippen LogP contribution >= 0.6 is 0 Å². The second kappa shape index (κ2) is 6.88. The number of aromatic nitrogens is 3. The van der Waals surface area contributed by atoms with E-state index in [1.54, 1.807) is 6.33 Å². The molecule has 0 aliphatic heterocycles. The molecule has 5 heteroatoms. The summed E-state index contributed by atoms with van der Waals surface area (Å²) in [5.74, 6) is 1.60. The van der Waals surface area contributed by atoms with E-state index >= 15 is 0 Å². The van der Waals surface area contributed by atoms with E-state index in [9.17, 15) is 0 Å². The van der Waals surface area contributed by atoms with Crippen LogP contribution < -0.4 is 5.73 Å². The van der Waals surface area contributed by atoms with Gasteiger partial charge in [-0.15, -0.1) is 0 Å². The van der Waals surface area contributed by atoms with Crippen LogP contribution in [0.5, 0.6) is 0 Å². The molecular weight excluding hydrogens is 262 g/mol. The van der Waals surface area contributed by atoms with Crippen LogP contribution in [0.4, 0.5) is 0 Å². The molecule has 0 radical (unpaired) electrons. The quantitative estimate of drug-likeness (QED) is 0.872. The van der Waals surface area contributed by atoms with E-state index in [1.165, 1.54) is 32.1 Å². The molecule has 0 aromatic carbocycles. The van der Waals surface area contributed by atoms with Crippen molar-refractivity contribution in [2.45, 2.75) is 70.5 Å². The van der Waals surface area contributed by atoms with E-state index in [2.05, 4.69) is 42.9 Å². The topological polar surface area (TPSA) is 60.0 Å². The largest absolute Gasteiger partial charge is 0.326 e. The van der Waals surface area contributed by atoms with E-state index in [0.717, 1.165) is 18.8 Å². The maximum Gasteiger partial charge on any atom is 0.138 e. The van der Waals surface area contributed by atoms with Gasteiger partial charge in [-0.2, -0.15) is 5.10 Å². The Hall–Kier alpha value is -0.940. The van der Waals surface area contributed by atoms with Gasteiger partial charge in [-0.1, -0.05) is 33.1 Å². The smallest absolute Gasteiger partial charge is 0.138 e. The average Bonchev–Trinajstić information content (AvgIpc) is 2.85. The maximum atomic E-state index is 6.65. The molecule has 1 heterocycles. The third-order valence-electron chi connectivity index (χ3n) is 4.94. The molecule has 1 aromatic heterocycles. The first-order valence-electron chi connectivity index (χ1n) is 8.25. The standard InChI is InChI=1S/C16H31N5/c1-13(2)11-21-15(18-12-19-21)10-14(17)16(20(3)4)8-6-5-7-9-16/h12-14H,5-11,17H2,1-4H3. The van der Waals surface area contributed by atoms with E-state index in [0.29, 0.717) is 5.92 Å². The summed E-state index contributed by atoms with van der Waals surface area (Å²) in [7, 11) is 4.34. The van der Waals surface area contributed by atoms with Gasteiger partial charge in [0, 0.05) is 24.5 Å². The fourth-order valence-corrected chi connectivity index (χ4v) is 3.64. The highest BCUT2D eigenvalue weighted by atomic mass is 15.3. The molecule has 120 valence electrons. The molecule has 1 aliphatic carbocycles. The van der Waals surface area contributed by atoms with Crippen LogP contribution in [0.2, 0.25) is 0 Å². The van der Waals surface area contributed by atoms with Crippen molar-refractivity contribution in [3.8, 4) is 0 Å². The van der Waals surface area contributed by atoms with E-state index < -0.39 is 0 Å². The van der Waals surface area contributed by atoms with Gasteiger partial charge < -0.3 is 10.6 Å². The van der Waals surface area contributed by atoms with Crippen LogP contribution in [0.25, 0.3) is 0 Å². The van der Waals surface area contributed by atoms with Gasteiger partial charge in [-0.3, -0.25) is 0 Å². The van der Waals surface area contributed by atoms with Crippen LogP contribution in [0, 0.1) is 5.92 Å². The summed E-state index contributed by atoms with van der Waals surface area (Å²) in [6.07, 6.45) is 8.76. The Morgan fingerprint density at radius 2 is 1.95 bits per heavy atom. The average molecular weight is 293 g/mol. The summed E-state index contributed by atoms with van der Waals surface area (Å²) in [6.45, 7) is 5.32. The molecule has 1 atom stereocenters. The first kappa shape index (κ1) is 16.4. The second-order valence-corrected chi connectivity index (χ2v) is 7.12. The second-order valence-electron chi connectivity index (χ2n) is 7.12. The summed E-state index contributed by atoms with van der Waals surface area (Å²) in [5.41, 5.74) is 6.77. The number of nitrogens with zero attached hydrogens (tertiary/aromatic N) is 4. The van der Waals surface area contributed by atoms with Crippen LogP contribution in [-0.2, 0) is 13.0 Å². The number of hydrogen-bond donors (Lipinski definition) is 1. The molecular formula is C16H31N5.